The molecule has 0 saturated heterocycles. The highest BCUT2D eigenvalue weighted by Gasteiger charge is 2.21. The summed E-state index contributed by atoms with van der Waals surface area (Å²) in [5.74, 6) is 0.644. The normalized spacial score (nSPS) is 12.1. The summed E-state index contributed by atoms with van der Waals surface area (Å²) >= 11 is 0. The number of rotatable bonds is 4. The van der Waals surface area contributed by atoms with Gasteiger partial charge in [0, 0.05) is 7.05 Å². The van der Waals surface area contributed by atoms with Gasteiger partial charge in [0.1, 0.15) is 5.75 Å². The molecule has 0 saturated carbocycles. The first-order valence-corrected chi connectivity index (χ1v) is 6.05. The molecule has 0 fully saturated rings. The van der Waals surface area contributed by atoms with Crippen molar-refractivity contribution in [3.05, 3.63) is 28.3 Å². The molecule has 0 aliphatic rings. The van der Waals surface area contributed by atoms with Crippen molar-refractivity contribution < 1.29 is 9.53 Å². The molecule has 2 N–H and O–H groups in total. The third kappa shape index (κ3) is 2.64. The standard InChI is InChI=1S/C14H22N2O2/c1-8-7-12(18-6)9(2)10(3)13(8)11(4)14(17)16-15-5/h7,11,15H,1-6H3,(H,16,17). The zero-order valence-corrected chi connectivity index (χ0v) is 12.0. The van der Waals surface area contributed by atoms with Crippen LogP contribution in [0.1, 0.15) is 35.1 Å². The fraction of sp³-hybridized carbons (Fsp3) is 0.500. The van der Waals surface area contributed by atoms with Gasteiger partial charge < -0.3 is 4.74 Å². The number of ether oxygens (including phenoxy) is 1. The predicted molar refractivity (Wildman–Crippen MR) is 72.8 cm³/mol. The Morgan fingerprint density at radius 1 is 1.28 bits per heavy atom. The molecule has 1 unspecified atom stereocenters. The highest BCUT2D eigenvalue weighted by Crippen LogP contribution is 2.32. The van der Waals surface area contributed by atoms with Crippen LogP contribution in [-0.2, 0) is 4.79 Å². The topological polar surface area (TPSA) is 50.4 Å². The van der Waals surface area contributed by atoms with Gasteiger partial charge in [-0.25, -0.2) is 5.43 Å². The molecule has 1 aromatic carbocycles. The summed E-state index contributed by atoms with van der Waals surface area (Å²) in [6, 6.07) is 1.99. The smallest absolute Gasteiger partial charge is 0.241 e. The number of hydrogen-bond acceptors (Lipinski definition) is 3. The van der Waals surface area contributed by atoms with E-state index >= 15 is 0 Å². The fourth-order valence-corrected chi connectivity index (χ4v) is 2.31. The van der Waals surface area contributed by atoms with Gasteiger partial charge in [0.25, 0.3) is 0 Å². The van der Waals surface area contributed by atoms with Crippen LogP contribution in [-0.4, -0.2) is 20.1 Å². The van der Waals surface area contributed by atoms with Crippen molar-refractivity contribution in [1.29, 1.82) is 0 Å². The van der Waals surface area contributed by atoms with Crippen LogP contribution in [0.4, 0.5) is 0 Å². The molecule has 0 aliphatic heterocycles. The number of carbonyl (C=O) groups excluding carboxylic acids is 1. The van der Waals surface area contributed by atoms with E-state index < -0.39 is 0 Å². The van der Waals surface area contributed by atoms with Gasteiger partial charge >= 0.3 is 0 Å². The number of hydrazine groups is 1. The van der Waals surface area contributed by atoms with Crippen LogP contribution in [0.3, 0.4) is 0 Å². The zero-order valence-electron chi connectivity index (χ0n) is 12.0. The molecule has 0 aliphatic carbocycles. The van der Waals surface area contributed by atoms with E-state index in [1.165, 1.54) is 0 Å². The zero-order chi connectivity index (χ0) is 13.9. The number of nitrogens with one attached hydrogen (secondary N) is 2. The SMILES string of the molecule is CNNC(=O)C(C)c1c(C)cc(OC)c(C)c1C. The average molecular weight is 250 g/mol. The van der Waals surface area contributed by atoms with Gasteiger partial charge in [-0.3, -0.25) is 10.2 Å². The van der Waals surface area contributed by atoms with Gasteiger partial charge in [0.05, 0.1) is 13.0 Å². The molecule has 0 spiro atoms. The van der Waals surface area contributed by atoms with Crippen LogP contribution < -0.4 is 15.6 Å². The monoisotopic (exact) mass is 250 g/mol. The van der Waals surface area contributed by atoms with Crippen molar-refractivity contribution in [2.24, 2.45) is 0 Å². The number of benzene rings is 1. The minimum absolute atomic E-state index is 0.0340. The Labute approximate surface area is 109 Å². The minimum Gasteiger partial charge on any atom is -0.496 e. The molecule has 0 aromatic heterocycles. The number of methoxy groups -OCH3 is 1. The molecule has 1 atom stereocenters. The summed E-state index contributed by atoms with van der Waals surface area (Å²) in [6.45, 7) is 7.96. The quantitative estimate of drug-likeness (QED) is 0.803. The lowest BCUT2D eigenvalue weighted by atomic mass is 9.88. The molecule has 1 rings (SSSR count). The number of hydrogen-bond donors (Lipinski definition) is 2. The predicted octanol–water partition coefficient (Wildman–Crippen LogP) is 1.97. The highest BCUT2D eigenvalue weighted by molar-refractivity contribution is 5.84. The van der Waals surface area contributed by atoms with Gasteiger partial charge in [-0.05, 0) is 56.0 Å². The third-order valence-electron chi connectivity index (χ3n) is 3.40. The summed E-state index contributed by atoms with van der Waals surface area (Å²) < 4.78 is 5.34. The van der Waals surface area contributed by atoms with Crippen LogP contribution in [0.2, 0.25) is 0 Å². The number of carbonyl (C=O) groups is 1. The average Bonchev–Trinajstić information content (AvgIpc) is 2.34. The molecule has 0 heterocycles. The maximum absolute atomic E-state index is 11.9. The molecule has 4 heteroatoms. The van der Waals surface area contributed by atoms with Crippen LogP contribution >= 0.6 is 0 Å². The molecule has 100 valence electrons. The summed E-state index contributed by atoms with van der Waals surface area (Å²) in [5.41, 5.74) is 9.65. The summed E-state index contributed by atoms with van der Waals surface area (Å²) in [7, 11) is 3.35. The maximum Gasteiger partial charge on any atom is 0.241 e. The first-order chi connectivity index (χ1) is 8.43. The van der Waals surface area contributed by atoms with Gasteiger partial charge in [-0.2, -0.15) is 0 Å². The molecule has 1 aromatic rings. The molecule has 4 nitrogen and oxygen atoms in total. The highest BCUT2D eigenvalue weighted by atomic mass is 16.5. The molecule has 0 bridgehead atoms. The summed E-state index contributed by atoms with van der Waals surface area (Å²) in [4.78, 5) is 11.9. The third-order valence-corrected chi connectivity index (χ3v) is 3.40. The van der Waals surface area contributed by atoms with Gasteiger partial charge in [-0.1, -0.05) is 0 Å². The van der Waals surface area contributed by atoms with Gasteiger partial charge in [0.2, 0.25) is 5.91 Å². The first-order valence-electron chi connectivity index (χ1n) is 6.05. The lowest BCUT2D eigenvalue weighted by Gasteiger charge is -2.20. The van der Waals surface area contributed by atoms with E-state index in [0.29, 0.717) is 0 Å². The summed E-state index contributed by atoms with van der Waals surface area (Å²) in [6.07, 6.45) is 0. The lowest BCUT2D eigenvalue weighted by molar-refractivity contribution is -0.123. The van der Waals surface area contributed by atoms with E-state index in [1.54, 1.807) is 14.2 Å². The lowest BCUT2D eigenvalue weighted by Crippen LogP contribution is -2.37. The Hall–Kier alpha value is -1.55. The van der Waals surface area contributed by atoms with Crippen molar-refractivity contribution in [3.8, 4) is 5.75 Å². The number of aryl methyl sites for hydroxylation is 1. The van der Waals surface area contributed by atoms with E-state index in [9.17, 15) is 4.79 Å². The molecule has 1 amide bonds. The summed E-state index contributed by atoms with van der Waals surface area (Å²) in [5, 5.41) is 0. The number of amides is 1. The van der Waals surface area contributed by atoms with E-state index in [1.807, 2.05) is 33.8 Å². The van der Waals surface area contributed by atoms with Crippen LogP contribution in [0.15, 0.2) is 6.07 Å². The first kappa shape index (κ1) is 14.5. The van der Waals surface area contributed by atoms with E-state index in [4.69, 9.17) is 4.74 Å². The van der Waals surface area contributed by atoms with E-state index in [0.717, 1.165) is 28.0 Å². The minimum atomic E-state index is -0.193. The van der Waals surface area contributed by atoms with Crippen molar-refractivity contribution in [3.63, 3.8) is 0 Å². The van der Waals surface area contributed by atoms with Crippen molar-refractivity contribution in [2.75, 3.05) is 14.2 Å². The maximum atomic E-state index is 11.9. The second-order valence-corrected chi connectivity index (χ2v) is 4.52. The fourth-order valence-electron chi connectivity index (χ4n) is 2.31. The second-order valence-electron chi connectivity index (χ2n) is 4.52. The van der Waals surface area contributed by atoms with E-state index in [-0.39, 0.29) is 11.8 Å². The molecular weight excluding hydrogens is 228 g/mol. The van der Waals surface area contributed by atoms with E-state index in [2.05, 4.69) is 10.9 Å². The van der Waals surface area contributed by atoms with Crippen molar-refractivity contribution >= 4 is 5.91 Å². The van der Waals surface area contributed by atoms with Crippen LogP contribution in [0.5, 0.6) is 5.75 Å². The van der Waals surface area contributed by atoms with Crippen molar-refractivity contribution in [1.82, 2.24) is 10.9 Å². The Bertz CT molecular complexity index is 456. The van der Waals surface area contributed by atoms with Gasteiger partial charge in [-0.15, -0.1) is 0 Å². The molecular formula is C14H22N2O2. The van der Waals surface area contributed by atoms with Crippen molar-refractivity contribution in [2.45, 2.75) is 33.6 Å². The molecule has 18 heavy (non-hydrogen) atoms. The van der Waals surface area contributed by atoms with Gasteiger partial charge in [0.15, 0.2) is 0 Å². The van der Waals surface area contributed by atoms with Crippen LogP contribution in [0, 0.1) is 20.8 Å². The second kappa shape index (κ2) is 5.87. The van der Waals surface area contributed by atoms with Crippen LogP contribution in [0.25, 0.3) is 0 Å². The largest absolute Gasteiger partial charge is 0.496 e. The Balaban J connectivity index is 3.25. The Kier molecular flexibility index (Phi) is 4.73. The molecule has 0 radical (unpaired) electrons. The Morgan fingerprint density at radius 2 is 1.89 bits per heavy atom. The Morgan fingerprint density at radius 3 is 2.39 bits per heavy atom.